The van der Waals surface area contributed by atoms with Crippen molar-refractivity contribution in [3.63, 3.8) is 0 Å². The first-order valence-electron chi connectivity index (χ1n) is 12.3. The van der Waals surface area contributed by atoms with Gasteiger partial charge in [-0.25, -0.2) is 13.6 Å². The van der Waals surface area contributed by atoms with E-state index >= 15 is 0 Å². The zero-order chi connectivity index (χ0) is 29.5. The second-order valence-corrected chi connectivity index (χ2v) is 11.1. The molecule has 1 aliphatic heterocycles. The predicted molar refractivity (Wildman–Crippen MR) is 145 cm³/mol. The van der Waals surface area contributed by atoms with Crippen LogP contribution in [0.5, 0.6) is 5.75 Å². The average Bonchev–Trinajstić information content (AvgIpc) is 3.28. The molecule has 0 saturated carbocycles. The molecule has 0 bridgehead atoms. The predicted octanol–water partition coefficient (Wildman–Crippen LogP) is 3.63. The number of carbonyl (C=O) groups is 2. The number of halogens is 2. The highest BCUT2D eigenvalue weighted by molar-refractivity contribution is 7.90. The third-order valence-corrected chi connectivity index (χ3v) is 8.26. The molecule has 0 saturated heterocycles. The molecule has 0 spiro atoms. The van der Waals surface area contributed by atoms with Gasteiger partial charge in [0, 0.05) is 43.8 Å². The number of pyridine rings is 1. The second kappa shape index (κ2) is 10.7. The number of nitrogens with zero attached hydrogens (tertiary/aromatic N) is 3. The van der Waals surface area contributed by atoms with Gasteiger partial charge < -0.3 is 14.7 Å². The Morgan fingerprint density at radius 2 is 1.85 bits per heavy atom. The molecule has 10 nitrogen and oxygen atoms in total. The summed E-state index contributed by atoms with van der Waals surface area (Å²) in [6, 6.07) is 12.1. The van der Waals surface area contributed by atoms with Crippen molar-refractivity contribution in [1.82, 2.24) is 14.6 Å². The summed E-state index contributed by atoms with van der Waals surface area (Å²) in [5, 5.41) is 11.3. The Kier molecular flexibility index (Phi) is 7.32. The summed E-state index contributed by atoms with van der Waals surface area (Å²) in [6.07, 6.45) is 1.41. The number of phenolic OH excluding ortho intramolecular Hbond substituents is 1. The Hall–Kier alpha value is -4.62. The van der Waals surface area contributed by atoms with Gasteiger partial charge in [-0.05, 0) is 47.5 Å². The van der Waals surface area contributed by atoms with Crippen LogP contribution < -0.4 is 9.03 Å². The van der Waals surface area contributed by atoms with Gasteiger partial charge in [0.25, 0.3) is 5.91 Å². The van der Waals surface area contributed by atoms with Gasteiger partial charge >= 0.3 is 16.2 Å². The minimum Gasteiger partial charge on any atom is -0.505 e. The number of amides is 1. The molecule has 1 amide bonds. The fourth-order valence-electron chi connectivity index (χ4n) is 4.82. The zero-order valence-electron chi connectivity index (χ0n) is 21.9. The number of benzene rings is 3. The number of aromatic hydroxyl groups is 1. The molecule has 0 aliphatic carbocycles. The first-order valence-corrected chi connectivity index (χ1v) is 13.7. The van der Waals surface area contributed by atoms with Crippen LogP contribution in [0.3, 0.4) is 0 Å². The molecule has 1 aromatic heterocycles. The lowest BCUT2D eigenvalue weighted by Crippen LogP contribution is -2.38. The molecule has 0 unspecified atom stereocenters. The Bertz CT molecular complexity index is 1800. The number of ether oxygens (including phenoxy) is 1. The minimum atomic E-state index is -4.34. The summed E-state index contributed by atoms with van der Waals surface area (Å²) in [7, 11) is -1.94. The molecule has 212 valence electrons. The van der Waals surface area contributed by atoms with E-state index in [1.54, 1.807) is 12.1 Å². The zero-order valence-corrected chi connectivity index (χ0v) is 22.7. The second-order valence-electron chi connectivity index (χ2n) is 9.32. The Labute approximate surface area is 234 Å². The fourth-order valence-corrected chi connectivity index (χ4v) is 5.80. The van der Waals surface area contributed by atoms with Gasteiger partial charge in [0.05, 0.1) is 23.9 Å². The van der Waals surface area contributed by atoms with Crippen LogP contribution in [0.25, 0.3) is 10.9 Å². The smallest absolute Gasteiger partial charge is 0.338 e. The van der Waals surface area contributed by atoms with E-state index in [0.29, 0.717) is 5.56 Å². The van der Waals surface area contributed by atoms with Crippen molar-refractivity contribution in [3.8, 4) is 5.75 Å². The maximum absolute atomic E-state index is 13.8. The van der Waals surface area contributed by atoms with Crippen molar-refractivity contribution >= 4 is 38.7 Å². The number of carbonyl (C=O) groups excluding carboxylic acids is 2. The highest BCUT2D eigenvalue weighted by Crippen LogP contribution is 2.44. The van der Waals surface area contributed by atoms with Crippen molar-refractivity contribution in [2.24, 2.45) is 0 Å². The number of phenols is 1. The Morgan fingerprint density at radius 3 is 2.56 bits per heavy atom. The highest BCUT2D eigenvalue weighted by Gasteiger charge is 2.37. The van der Waals surface area contributed by atoms with E-state index in [9.17, 15) is 31.9 Å². The number of rotatable bonds is 8. The topological polar surface area (TPSA) is 129 Å². The van der Waals surface area contributed by atoms with Crippen LogP contribution in [-0.2, 0) is 34.6 Å². The molecule has 2 N–H and O–H groups in total. The highest BCUT2D eigenvalue weighted by atomic mass is 32.2. The van der Waals surface area contributed by atoms with Crippen molar-refractivity contribution in [2.45, 2.75) is 19.6 Å². The lowest BCUT2D eigenvalue weighted by molar-refractivity contribution is 0.0598. The number of aromatic nitrogens is 1. The first-order chi connectivity index (χ1) is 19.5. The number of hydrogen-bond acceptors (Lipinski definition) is 7. The van der Waals surface area contributed by atoms with Crippen molar-refractivity contribution in [1.29, 1.82) is 0 Å². The third kappa shape index (κ3) is 5.16. The van der Waals surface area contributed by atoms with Crippen LogP contribution >= 0.6 is 0 Å². The van der Waals surface area contributed by atoms with Crippen molar-refractivity contribution in [2.75, 3.05) is 18.5 Å². The fraction of sp³-hybridized carbons (Fsp3) is 0.179. The van der Waals surface area contributed by atoms with Gasteiger partial charge in [0.2, 0.25) is 0 Å². The number of fused-ring (bicyclic) bond motifs is 2. The maximum atomic E-state index is 13.8. The first kappa shape index (κ1) is 27.9. The molecule has 41 heavy (non-hydrogen) atoms. The lowest BCUT2D eigenvalue weighted by Gasteiger charge is -2.24. The number of anilines is 1. The van der Waals surface area contributed by atoms with E-state index in [2.05, 4.69) is 14.4 Å². The Morgan fingerprint density at radius 1 is 1.15 bits per heavy atom. The summed E-state index contributed by atoms with van der Waals surface area (Å²) in [4.78, 5) is 31.1. The number of nitrogens with one attached hydrogen (secondary N) is 1. The third-order valence-electron chi connectivity index (χ3n) is 6.85. The van der Waals surface area contributed by atoms with Gasteiger partial charge in [0.15, 0.2) is 5.75 Å². The van der Waals surface area contributed by atoms with Crippen LogP contribution in [0.4, 0.5) is 14.5 Å². The molecule has 0 atom stereocenters. The van der Waals surface area contributed by atoms with E-state index in [4.69, 9.17) is 0 Å². The van der Waals surface area contributed by atoms with Gasteiger partial charge in [0.1, 0.15) is 17.2 Å². The van der Waals surface area contributed by atoms with Gasteiger partial charge in [-0.1, -0.05) is 18.2 Å². The molecule has 5 rings (SSSR count). The molecule has 0 fully saturated rings. The van der Waals surface area contributed by atoms with Gasteiger partial charge in [-0.2, -0.15) is 13.1 Å². The molecular weight excluding hydrogens is 558 g/mol. The normalized spacial score (nSPS) is 13.0. The monoisotopic (exact) mass is 582 g/mol. The van der Waals surface area contributed by atoms with E-state index in [1.165, 1.54) is 48.5 Å². The molecule has 1 aliphatic rings. The maximum Gasteiger partial charge on any atom is 0.338 e. The number of methoxy groups -OCH3 is 1. The standard InChI is InChI=1S/C28H24F2N4O6S/c1-33(41(38,39)32-13-17-7-10-19(30)12-21(17)28(37)40-2)25-20-4-3-11-31-24(20)26(35)23-22(25)15-34(27(23)36)14-16-5-8-18(29)9-6-16/h3-12,32,35H,13-15H2,1-2H3. The lowest BCUT2D eigenvalue weighted by atomic mass is 10.0. The van der Waals surface area contributed by atoms with E-state index in [1.807, 2.05) is 0 Å². The van der Waals surface area contributed by atoms with Gasteiger partial charge in [-0.15, -0.1) is 0 Å². The van der Waals surface area contributed by atoms with Crippen LogP contribution in [-0.4, -0.2) is 49.4 Å². The van der Waals surface area contributed by atoms with Crippen molar-refractivity contribution in [3.05, 3.63) is 100 Å². The van der Waals surface area contributed by atoms with Crippen LogP contribution in [0.1, 0.15) is 37.4 Å². The molecule has 4 aromatic rings. The summed E-state index contributed by atoms with van der Waals surface area (Å²) in [5.74, 6) is -2.87. The SMILES string of the molecule is COC(=O)c1cc(F)ccc1CNS(=O)(=O)N(C)c1c2c(c(O)c3ncccc13)C(=O)N(Cc1ccc(F)cc1)C2. The number of hydrogen-bond donors (Lipinski definition) is 2. The molecule has 13 heteroatoms. The quantitative estimate of drug-likeness (QED) is 0.304. The van der Waals surface area contributed by atoms with Crippen molar-refractivity contribution < 1.29 is 36.6 Å². The summed E-state index contributed by atoms with van der Waals surface area (Å²) in [6.45, 7) is -0.320. The summed E-state index contributed by atoms with van der Waals surface area (Å²) in [5.41, 5.74) is 1.02. The van der Waals surface area contributed by atoms with Gasteiger partial charge in [-0.3, -0.25) is 14.1 Å². The van der Waals surface area contributed by atoms with E-state index < -0.39 is 33.7 Å². The molecule has 2 heterocycles. The van der Waals surface area contributed by atoms with Crippen LogP contribution in [0, 0.1) is 11.6 Å². The Balaban J connectivity index is 1.53. The largest absolute Gasteiger partial charge is 0.505 e. The average molecular weight is 583 g/mol. The van der Waals surface area contributed by atoms with E-state index in [-0.39, 0.29) is 64.2 Å². The van der Waals surface area contributed by atoms with Crippen LogP contribution in [0.2, 0.25) is 0 Å². The minimum absolute atomic E-state index is 0.0341. The molecule has 3 aromatic carbocycles. The summed E-state index contributed by atoms with van der Waals surface area (Å²) < 4.78 is 62.3. The van der Waals surface area contributed by atoms with Crippen LogP contribution in [0.15, 0.2) is 60.8 Å². The molecule has 0 radical (unpaired) electrons. The molecular formula is C28H24F2N4O6S. The van der Waals surface area contributed by atoms with E-state index in [0.717, 1.165) is 23.5 Å². The summed E-state index contributed by atoms with van der Waals surface area (Å²) >= 11 is 0. The number of esters is 1.